The maximum absolute atomic E-state index is 13.3. The predicted octanol–water partition coefficient (Wildman–Crippen LogP) is -0.0889. The Morgan fingerprint density at radius 3 is 2.36 bits per heavy atom. The molecule has 39 heavy (non-hydrogen) atoms. The van der Waals surface area contributed by atoms with E-state index in [9.17, 15) is 33.7 Å². The number of nitrogens with one attached hydrogen (secondary N) is 3. The molecule has 0 bridgehead atoms. The molecule has 1 radical (unpaired) electrons. The standard InChI is InChI=1S/C26H34N6O7/c1-15(2)21(24(37)32(30-39)17-9-6-5-7-10-17)28-22(35)18-11-8-14-31(18)23(36)16(3)27-25(38)26(4)19(33)12-13-20(34)29-26/h5-7,9-10,15-16,18,21H,8,11-14H2,1-4H3,(H,27,38)(H,28,35)(H,29,34)/q+1/t16-,18-,21-,26+/m0/s1. The van der Waals surface area contributed by atoms with Gasteiger partial charge in [0.15, 0.2) is 11.3 Å². The summed E-state index contributed by atoms with van der Waals surface area (Å²) < 4.78 is 0. The lowest BCUT2D eigenvalue weighted by molar-refractivity contribution is -0.147. The highest BCUT2D eigenvalue weighted by Crippen LogP contribution is 2.21. The van der Waals surface area contributed by atoms with Crippen LogP contribution in [0.2, 0.25) is 0 Å². The number of para-hydroxylation sites is 1. The summed E-state index contributed by atoms with van der Waals surface area (Å²) in [6, 6.07) is 4.99. The lowest BCUT2D eigenvalue weighted by Crippen LogP contribution is -2.66. The van der Waals surface area contributed by atoms with Gasteiger partial charge in [0, 0.05) is 24.4 Å². The van der Waals surface area contributed by atoms with Gasteiger partial charge in [-0.2, -0.15) is 0 Å². The zero-order valence-corrected chi connectivity index (χ0v) is 22.4. The van der Waals surface area contributed by atoms with Crippen LogP contribution in [0.1, 0.15) is 53.4 Å². The summed E-state index contributed by atoms with van der Waals surface area (Å²) in [7, 11) is 0. The summed E-state index contributed by atoms with van der Waals surface area (Å²) in [5.74, 6) is -3.96. The van der Waals surface area contributed by atoms with Crippen LogP contribution in [0.15, 0.2) is 30.3 Å². The number of anilines is 1. The Hall–Kier alpha value is -4.16. The van der Waals surface area contributed by atoms with Crippen LogP contribution in [0.25, 0.3) is 0 Å². The number of carbonyl (C=O) groups is 6. The summed E-state index contributed by atoms with van der Waals surface area (Å²) in [6.45, 7) is 6.38. The van der Waals surface area contributed by atoms with Crippen molar-refractivity contribution in [3.8, 4) is 0 Å². The van der Waals surface area contributed by atoms with Crippen molar-refractivity contribution in [1.82, 2.24) is 26.1 Å². The minimum Gasteiger partial charge on any atom is -0.342 e. The van der Waals surface area contributed by atoms with E-state index >= 15 is 0 Å². The van der Waals surface area contributed by atoms with Crippen LogP contribution in [-0.4, -0.2) is 70.4 Å². The van der Waals surface area contributed by atoms with Crippen LogP contribution in [0.4, 0.5) is 5.69 Å². The number of amides is 5. The molecule has 1 aromatic rings. The molecule has 2 aliphatic rings. The maximum Gasteiger partial charge on any atom is 0.494 e. The smallest absolute Gasteiger partial charge is 0.342 e. The fraction of sp³-hybridized carbons (Fsp3) is 0.538. The molecule has 2 fully saturated rings. The number of Topliss-reactive ketones (excluding diaryl/α,β-unsaturated/α-hetero) is 1. The highest BCUT2D eigenvalue weighted by atomic mass is 16.3. The zero-order valence-electron chi connectivity index (χ0n) is 22.4. The van der Waals surface area contributed by atoms with E-state index in [4.69, 9.17) is 0 Å². The van der Waals surface area contributed by atoms with E-state index in [2.05, 4.69) is 21.2 Å². The number of piperidine rings is 1. The van der Waals surface area contributed by atoms with Gasteiger partial charge in [-0.1, -0.05) is 32.0 Å². The Kier molecular flexibility index (Phi) is 9.15. The SMILES string of the molecule is CC(C)[C@H](NC(=O)[C@@H]1CCCN1C(=O)[C@H](C)NC(=O)[C@]1(C)NC(=O)CCC1=O)C(=O)N([N+]=O)c1ccccc1. The molecular weight excluding hydrogens is 508 g/mol. The third-order valence-corrected chi connectivity index (χ3v) is 7.06. The molecule has 0 aliphatic carbocycles. The topological polar surface area (TPSA) is 176 Å². The van der Waals surface area contributed by atoms with Crippen LogP contribution in [-0.2, 0) is 28.8 Å². The monoisotopic (exact) mass is 542 g/mol. The van der Waals surface area contributed by atoms with Gasteiger partial charge in [-0.05, 0) is 44.7 Å². The molecule has 0 aromatic heterocycles. The first-order valence-electron chi connectivity index (χ1n) is 12.9. The second kappa shape index (κ2) is 12.1. The van der Waals surface area contributed by atoms with Crippen molar-refractivity contribution >= 4 is 41.0 Å². The van der Waals surface area contributed by atoms with Crippen molar-refractivity contribution in [3.63, 3.8) is 0 Å². The van der Waals surface area contributed by atoms with Gasteiger partial charge in [0.05, 0.1) is 0 Å². The Labute approximate surface area is 226 Å². The van der Waals surface area contributed by atoms with Gasteiger partial charge >= 0.3 is 11.2 Å². The number of likely N-dealkylation sites (tertiary alicyclic amines) is 1. The van der Waals surface area contributed by atoms with E-state index < -0.39 is 64.9 Å². The number of nitrogens with zero attached hydrogens (tertiary/aromatic N) is 3. The fourth-order valence-electron chi connectivity index (χ4n) is 4.70. The Balaban J connectivity index is 1.69. The highest BCUT2D eigenvalue weighted by molar-refractivity contribution is 6.15. The number of ketones is 1. The van der Waals surface area contributed by atoms with Crippen molar-refractivity contribution in [2.75, 3.05) is 11.6 Å². The molecule has 2 aliphatic heterocycles. The molecule has 4 atom stereocenters. The van der Waals surface area contributed by atoms with Crippen LogP contribution >= 0.6 is 0 Å². The van der Waals surface area contributed by atoms with Gasteiger partial charge in [-0.15, -0.1) is 0 Å². The minimum absolute atomic E-state index is 0.00729. The van der Waals surface area contributed by atoms with E-state index in [0.717, 1.165) is 0 Å². The third-order valence-electron chi connectivity index (χ3n) is 7.06. The van der Waals surface area contributed by atoms with Gasteiger partial charge in [-0.3, -0.25) is 28.8 Å². The van der Waals surface area contributed by atoms with Gasteiger partial charge in [0.2, 0.25) is 17.7 Å². The van der Waals surface area contributed by atoms with Crippen LogP contribution in [0, 0.1) is 10.8 Å². The Bertz CT molecular complexity index is 1160. The highest BCUT2D eigenvalue weighted by Gasteiger charge is 2.46. The molecule has 209 valence electrons. The maximum atomic E-state index is 13.3. The summed E-state index contributed by atoms with van der Waals surface area (Å²) in [6.07, 6.45) is 0.761. The summed E-state index contributed by atoms with van der Waals surface area (Å²) in [5.41, 5.74) is -1.53. The van der Waals surface area contributed by atoms with E-state index in [1.807, 2.05) is 0 Å². The molecule has 2 heterocycles. The molecule has 0 saturated carbocycles. The summed E-state index contributed by atoms with van der Waals surface area (Å²) in [5, 5.41) is 11.1. The van der Waals surface area contributed by atoms with Gasteiger partial charge in [-0.25, -0.2) is 0 Å². The molecule has 1 aromatic carbocycles. The number of nitroso groups, excluding NO2 is 1. The molecule has 3 rings (SSSR count). The largest absolute Gasteiger partial charge is 0.494 e. The summed E-state index contributed by atoms with van der Waals surface area (Å²) >= 11 is 0. The Morgan fingerprint density at radius 1 is 1.08 bits per heavy atom. The van der Waals surface area contributed by atoms with Crippen LogP contribution in [0.5, 0.6) is 0 Å². The molecule has 0 unspecified atom stereocenters. The first kappa shape index (κ1) is 29.4. The second-order valence-electron chi connectivity index (χ2n) is 10.3. The molecule has 2 saturated heterocycles. The van der Waals surface area contributed by atoms with Gasteiger partial charge < -0.3 is 20.9 Å². The van der Waals surface area contributed by atoms with Gasteiger partial charge in [0.25, 0.3) is 5.91 Å². The third kappa shape index (κ3) is 6.29. The van der Waals surface area contributed by atoms with E-state index in [0.29, 0.717) is 17.9 Å². The molecule has 5 amide bonds. The predicted molar refractivity (Wildman–Crippen MR) is 139 cm³/mol. The average Bonchev–Trinajstić information content (AvgIpc) is 3.40. The molecule has 13 heteroatoms. The average molecular weight is 543 g/mol. The second-order valence-corrected chi connectivity index (χ2v) is 10.3. The van der Waals surface area contributed by atoms with Crippen molar-refractivity contribution in [2.45, 2.75) is 77.0 Å². The number of rotatable bonds is 9. The molecule has 0 spiro atoms. The van der Waals surface area contributed by atoms with Crippen LogP contribution in [0.3, 0.4) is 0 Å². The van der Waals surface area contributed by atoms with Crippen LogP contribution < -0.4 is 26.2 Å². The zero-order chi connectivity index (χ0) is 28.9. The number of hydrogen-bond acceptors (Lipinski definition) is 8. The quantitative estimate of drug-likeness (QED) is 0.288. The lowest BCUT2D eigenvalue weighted by atomic mass is 9.88. The lowest BCUT2D eigenvalue weighted by Gasteiger charge is -2.33. The molecule has 13 nitrogen and oxygen atoms in total. The van der Waals surface area contributed by atoms with Crippen molar-refractivity contribution in [2.24, 2.45) is 5.92 Å². The van der Waals surface area contributed by atoms with E-state index in [-0.39, 0.29) is 25.1 Å². The van der Waals surface area contributed by atoms with Crippen molar-refractivity contribution in [3.05, 3.63) is 35.2 Å². The first-order chi connectivity index (χ1) is 18.4. The molecular formula is C26H34N6O7+. The fourth-order valence-corrected chi connectivity index (χ4v) is 4.70. The normalized spacial score (nSPS) is 22.5. The summed E-state index contributed by atoms with van der Waals surface area (Å²) in [4.78, 5) is 89.5. The van der Waals surface area contributed by atoms with Crippen molar-refractivity contribution < 1.29 is 28.8 Å². The molecule has 3 N–H and O–H groups in total. The first-order valence-corrected chi connectivity index (χ1v) is 12.9. The number of carbonyl (C=O) groups excluding carboxylic acids is 6. The Morgan fingerprint density at radius 2 is 1.74 bits per heavy atom. The number of benzene rings is 1. The van der Waals surface area contributed by atoms with Gasteiger partial charge in [0.1, 0.15) is 28.7 Å². The van der Waals surface area contributed by atoms with E-state index in [1.165, 1.54) is 30.9 Å². The van der Waals surface area contributed by atoms with E-state index in [1.54, 1.807) is 32.0 Å². The number of hydrogen-bond donors (Lipinski definition) is 3. The minimum atomic E-state index is -1.78. The van der Waals surface area contributed by atoms with Crippen molar-refractivity contribution in [1.29, 1.82) is 0 Å².